The fourth-order valence-corrected chi connectivity index (χ4v) is 4.75. The number of β-amino-alcohol motifs (C(OH)–C–C–N with tert-alkyl or cyclic N) is 1. The van der Waals surface area contributed by atoms with Gasteiger partial charge in [-0.05, 0) is 53.1 Å². The number of aliphatic hydroxyl groups excluding tert-OH is 1. The summed E-state index contributed by atoms with van der Waals surface area (Å²) in [7, 11) is 0. The largest absolute Gasteiger partial charge is 0.466 e. The van der Waals surface area contributed by atoms with Crippen LogP contribution in [-0.4, -0.2) is 41.8 Å². The lowest BCUT2D eigenvalue weighted by atomic mass is 9.85. The van der Waals surface area contributed by atoms with E-state index in [-0.39, 0.29) is 12.0 Å². The summed E-state index contributed by atoms with van der Waals surface area (Å²) in [4.78, 5) is 15.2. The Hall–Kier alpha value is -2.43. The number of fused-ring (bicyclic) bond motifs is 2. The molecule has 1 heterocycles. The van der Waals surface area contributed by atoms with Crippen molar-refractivity contribution in [3.8, 4) is 0 Å². The molecule has 4 rings (SSSR count). The van der Waals surface area contributed by atoms with Crippen molar-refractivity contribution in [1.29, 1.82) is 0 Å². The van der Waals surface area contributed by atoms with Gasteiger partial charge in [0, 0.05) is 6.54 Å². The lowest BCUT2D eigenvalue weighted by molar-refractivity contribution is -0.151. The number of rotatable bonds is 6. The molecule has 29 heavy (non-hydrogen) atoms. The van der Waals surface area contributed by atoms with Crippen LogP contribution < -0.4 is 0 Å². The zero-order valence-corrected chi connectivity index (χ0v) is 17.2. The Morgan fingerprint density at radius 2 is 1.69 bits per heavy atom. The highest BCUT2D eigenvalue weighted by molar-refractivity contribution is 6.03. The van der Waals surface area contributed by atoms with E-state index in [2.05, 4.69) is 42.2 Å². The summed E-state index contributed by atoms with van der Waals surface area (Å²) < 4.78 is 5.40. The molecule has 0 aromatic heterocycles. The Kier molecular flexibility index (Phi) is 5.84. The third kappa shape index (κ3) is 3.63. The molecule has 3 atom stereocenters. The average molecular weight is 392 g/mol. The van der Waals surface area contributed by atoms with Gasteiger partial charge in [-0.25, -0.2) is 0 Å². The fraction of sp³-hybridized carbons (Fsp3) is 0.400. The molecule has 4 heteroatoms. The second-order valence-corrected chi connectivity index (χ2v) is 7.87. The number of benzene rings is 3. The summed E-state index contributed by atoms with van der Waals surface area (Å²) in [6.07, 6.45) is 1.37. The van der Waals surface area contributed by atoms with Crippen molar-refractivity contribution in [1.82, 2.24) is 4.90 Å². The molecule has 152 valence electrons. The van der Waals surface area contributed by atoms with E-state index in [1.54, 1.807) is 0 Å². The van der Waals surface area contributed by atoms with Crippen molar-refractivity contribution in [2.45, 2.75) is 38.8 Å². The van der Waals surface area contributed by atoms with Gasteiger partial charge in [0.15, 0.2) is 0 Å². The molecule has 4 nitrogen and oxygen atoms in total. The first-order valence-corrected chi connectivity index (χ1v) is 10.6. The summed E-state index contributed by atoms with van der Waals surface area (Å²) in [5, 5.41) is 15.5. The Balaban J connectivity index is 1.96. The first-order chi connectivity index (χ1) is 14.2. The minimum Gasteiger partial charge on any atom is -0.466 e. The Labute approximate surface area is 172 Å². The fourth-order valence-electron chi connectivity index (χ4n) is 4.75. The lowest BCUT2D eigenvalue weighted by Crippen LogP contribution is -2.32. The van der Waals surface area contributed by atoms with Gasteiger partial charge in [-0.15, -0.1) is 0 Å². The average Bonchev–Trinajstić information content (AvgIpc) is 3.06. The van der Waals surface area contributed by atoms with E-state index in [0.29, 0.717) is 13.2 Å². The molecule has 3 unspecified atom stereocenters. The summed E-state index contributed by atoms with van der Waals surface area (Å²) in [5.74, 6) is -0.887. The number of carbonyl (C=O) groups is 1. The first-order valence-electron chi connectivity index (χ1n) is 10.6. The van der Waals surface area contributed by atoms with E-state index < -0.39 is 12.0 Å². The predicted molar refractivity (Wildman–Crippen MR) is 117 cm³/mol. The molecule has 3 aromatic rings. The van der Waals surface area contributed by atoms with Gasteiger partial charge in [-0.1, -0.05) is 61.9 Å². The molecule has 0 saturated carbocycles. The molecular weight excluding hydrogens is 362 g/mol. The number of esters is 1. The normalized spacial score (nSPS) is 22.4. The minimum atomic E-state index is -0.728. The molecule has 0 spiro atoms. The van der Waals surface area contributed by atoms with Crippen molar-refractivity contribution in [3.63, 3.8) is 0 Å². The Morgan fingerprint density at radius 3 is 2.28 bits per heavy atom. The summed E-state index contributed by atoms with van der Waals surface area (Å²) in [5.41, 5.74) is 1.13. The highest BCUT2D eigenvalue weighted by Crippen LogP contribution is 2.44. The second-order valence-electron chi connectivity index (χ2n) is 7.87. The number of carbonyl (C=O) groups excluding carboxylic acids is 1. The van der Waals surface area contributed by atoms with E-state index in [4.69, 9.17) is 4.74 Å². The zero-order chi connectivity index (χ0) is 20.4. The molecule has 1 aliphatic rings. The molecule has 1 saturated heterocycles. The molecular formula is C25H29NO3. The van der Waals surface area contributed by atoms with Crippen LogP contribution in [0.4, 0.5) is 0 Å². The van der Waals surface area contributed by atoms with Gasteiger partial charge in [-0.3, -0.25) is 9.69 Å². The smallest absolute Gasteiger partial charge is 0.313 e. The van der Waals surface area contributed by atoms with Gasteiger partial charge < -0.3 is 9.84 Å². The van der Waals surface area contributed by atoms with Crippen molar-refractivity contribution in [3.05, 3.63) is 60.2 Å². The predicted octanol–water partition coefficient (Wildman–Crippen LogP) is 4.69. The van der Waals surface area contributed by atoms with E-state index in [0.717, 1.165) is 46.5 Å². The molecule has 1 fully saturated rings. The second kappa shape index (κ2) is 8.52. The van der Waals surface area contributed by atoms with Crippen LogP contribution in [0.2, 0.25) is 0 Å². The number of hydrogen-bond donors (Lipinski definition) is 1. The van der Waals surface area contributed by atoms with Crippen LogP contribution in [0.5, 0.6) is 0 Å². The maximum Gasteiger partial charge on any atom is 0.313 e. The maximum absolute atomic E-state index is 12.9. The Morgan fingerprint density at radius 1 is 1.07 bits per heavy atom. The zero-order valence-electron chi connectivity index (χ0n) is 17.2. The minimum absolute atomic E-state index is 0.202. The van der Waals surface area contributed by atoms with E-state index >= 15 is 0 Å². The third-order valence-electron chi connectivity index (χ3n) is 6.04. The summed E-state index contributed by atoms with van der Waals surface area (Å²) in [6.45, 7) is 5.64. The van der Waals surface area contributed by atoms with Gasteiger partial charge in [0.25, 0.3) is 0 Å². The SMILES string of the molecule is CCCCN1CC(O)C(C(=O)OCC)C1c1c2ccccc2cc2ccccc12. The summed E-state index contributed by atoms with van der Waals surface area (Å²) >= 11 is 0. The molecule has 0 amide bonds. The van der Waals surface area contributed by atoms with Crippen LogP contribution in [-0.2, 0) is 9.53 Å². The first kappa shape index (κ1) is 19.9. The van der Waals surface area contributed by atoms with Crippen LogP contribution in [0, 0.1) is 5.92 Å². The lowest BCUT2D eigenvalue weighted by Gasteiger charge is -2.30. The number of nitrogens with zero attached hydrogens (tertiary/aromatic N) is 1. The standard InChI is InChI=1S/C25H29NO3/c1-3-5-14-26-16-21(27)23(25(28)29-4-2)24(26)22-19-12-8-6-10-17(19)15-18-11-7-9-13-20(18)22/h6-13,15,21,23-24,27H,3-5,14,16H2,1-2H3. The van der Waals surface area contributed by atoms with Gasteiger partial charge in [-0.2, -0.15) is 0 Å². The molecule has 0 bridgehead atoms. The number of aliphatic hydroxyl groups is 1. The highest BCUT2D eigenvalue weighted by Gasteiger charge is 2.47. The maximum atomic E-state index is 12.9. The number of ether oxygens (including phenoxy) is 1. The number of unbranched alkanes of at least 4 members (excludes halogenated alkanes) is 1. The van der Waals surface area contributed by atoms with Gasteiger partial charge in [0.05, 0.1) is 18.8 Å². The van der Waals surface area contributed by atoms with Crippen molar-refractivity contribution in [2.24, 2.45) is 5.92 Å². The van der Waals surface area contributed by atoms with Gasteiger partial charge >= 0.3 is 5.97 Å². The number of likely N-dealkylation sites (tertiary alicyclic amines) is 1. The Bertz CT molecular complexity index is 961. The monoisotopic (exact) mass is 391 g/mol. The quantitative estimate of drug-likeness (QED) is 0.489. The molecule has 3 aromatic carbocycles. The molecule has 0 radical (unpaired) electrons. The van der Waals surface area contributed by atoms with Crippen LogP contribution in [0.15, 0.2) is 54.6 Å². The summed E-state index contributed by atoms with van der Waals surface area (Å²) in [6, 6.07) is 18.7. The van der Waals surface area contributed by atoms with Crippen LogP contribution in [0.3, 0.4) is 0 Å². The van der Waals surface area contributed by atoms with Gasteiger partial charge in [0.1, 0.15) is 5.92 Å². The van der Waals surface area contributed by atoms with Crippen molar-refractivity contribution >= 4 is 27.5 Å². The third-order valence-corrected chi connectivity index (χ3v) is 6.04. The van der Waals surface area contributed by atoms with E-state index in [1.807, 2.05) is 31.2 Å². The topological polar surface area (TPSA) is 49.8 Å². The van der Waals surface area contributed by atoms with Crippen molar-refractivity contribution in [2.75, 3.05) is 19.7 Å². The van der Waals surface area contributed by atoms with Crippen LogP contribution in [0.1, 0.15) is 38.3 Å². The molecule has 1 aliphatic heterocycles. The molecule has 1 N–H and O–H groups in total. The van der Waals surface area contributed by atoms with E-state index in [9.17, 15) is 9.90 Å². The highest BCUT2D eigenvalue weighted by atomic mass is 16.5. The van der Waals surface area contributed by atoms with Crippen LogP contribution >= 0.6 is 0 Å². The van der Waals surface area contributed by atoms with Crippen LogP contribution in [0.25, 0.3) is 21.5 Å². The van der Waals surface area contributed by atoms with E-state index in [1.165, 1.54) is 0 Å². The van der Waals surface area contributed by atoms with Crippen molar-refractivity contribution < 1.29 is 14.6 Å². The van der Waals surface area contributed by atoms with Gasteiger partial charge in [0.2, 0.25) is 0 Å². The molecule has 0 aliphatic carbocycles. The number of hydrogen-bond acceptors (Lipinski definition) is 4.